The maximum absolute atomic E-state index is 12.2. The van der Waals surface area contributed by atoms with Crippen LogP contribution < -0.4 is 10.6 Å². The molecule has 3 N–H and O–H groups in total. The van der Waals surface area contributed by atoms with Crippen LogP contribution in [0, 0.1) is 0 Å². The number of halogens is 2. The van der Waals surface area contributed by atoms with E-state index in [-0.39, 0.29) is 12.1 Å². The zero-order valence-corrected chi connectivity index (χ0v) is 15.5. The van der Waals surface area contributed by atoms with Crippen molar-refractivity contribution in [3.63, 3.8) is 0 Å². The normalized spacial score (nSPS) is 14.8. The third-order valence-electron chi connectivity index (χ3n) is 3.93. The third-order valence-corrected chi connectivity index (χ3v) is 4.67. The fourth-order valence-corrected chi connectivity index (χ4v) is 2.82. The zero-order valence-electron chi connectivity index (χ0n) is 14.0. The van der Waals surface area contributed by atoms with Gasteiger partial charge in [0.05, 0.1) is 29.3 Å². The lowest BCUT2D eigenvalue weighted by atomic mass is 10.0. The number of amides is 2. The SMILES string of the molecule is COC(=O)C(CCCc1ccc(Cl)c(Cl)c1)NC(=O)C1=C(O)C(=O)NC1. The first-order chi connectivity index (χ1) is 12.3. The average molecular weight is 401 g/mol. The number of aliphatic hydroxyl groups is 1. The van der Waals surface area contributed by atoms with Crippen molar-refractivity contribution in [3.8, 4) is 0 Å². The number of aryl methyl sites for hydroxylation is 1. The summed E-state index contributed by atoms with van der Waals surface area (Å²) in [5, 5.41) is 15.3. The number of carbonyl (C=O) groups is 3. The Kier molecular flexibility index (Phi) is 6.88. The molecule has 7 nitrogen and oxygen atoms in total. The van der Waals surface area contributed by atoms with E-state index in [1.165, 1.54) is 7.11 Å². The molecule has 0 spiro atoms. The van der Waals surface area contributed by atoms with Crippen LogP contribution in [0.15, 0.2) is 29.5 Å². The predicted octanol–water partition coefficient (Wildman–Crippen LogP) is 1.92. The molecule has 1 aliphatic heterocycles. The van der Waals surface area contributed by atoms with E-state index in [0.717, 1.165) is 5.56 Å². The van der Waals surface area contributed by atoms with E-state index >= 15 is 0 Å². The maximum Gasteiger partial charge on any atom is 0.328 e. The van der Waals surface area contributed by atoms with Gasteiger partial charge in [-0.1, -0.05) is 29.3 Å². The second-order valence-corrected chi connectivity index (χ2v) is 6.51. The molecule has 9 heteroatoms. The number of hydrogen-bond donors (Lipinski definition) is 3. The summed E-state index contributed by atoms with van der Waals surface area (Å²) in [6.07, 6.45) is 1.50. The molecule has 1 aliphatic rings. The minimum Gasteiger partial charge on any atom is -0.503 e. The number of benzene rings is 1. The van der Waals surface area contributed by atoms with E-state index in [4.69, 9.17) is 27.9 Å². The Morgan fingerprint density at radius 3 is 2.65 bits per heavy atom. The largest absolute Gasteiger partial charge is 0.503 e. The third kappa shape index (κ3) is 4.89. The predicted molar refractivity (Wildman–Crippen MR) is 96.0 cm³/mol. The molecule has 140 valence electrons. The number of rotatable bonds is 7. The molecule has 2 rings (SSSR count). The highest BCUT2D eigenvalue weighted by molar-refractivity contribution is 6.42. The van der Waals surface area contributed by atoms with Gasteiger partial charge in [-0.3, -0.25) is 9.59 Å². The summed E-state index contributed by atoms with van der Waals surface area (Å²) in [6, 6.07) is 4.37. The van der Waals surface area contributed by atoms with Crippen LogP contribution in [0.1, 0.15) is 18.4 Å². The summed E-state index contributed by atoms with van der Waals surface area (Å²) in [6.45, 7) is -0.0896. The Morgan fingerprint density at radius 1 is 1.35 bits per heavy atom. The number of hydrogen-bond acceptors (Lipinski definition) is 5. The van der Waals surface area contributed by atoms with Crippen LogP contribution in [0.5, 0.6) is 0 Å². The van der Waals surface area contributed by atoms with Crippen LogP contribution in [-0.4, -0.2) is 42.6 Å². The molecule has 1 atom stereocenters. The van der Waals surface area contributed by atoms with Crippen LogP contribution in [0.3, 0.4) is 0 Å². The van der Waals surface area contributed by atoms with E-state index in [1.807, 2.05) is 6.07 Å². The van der Waals surface area contributed by atoms with Crippen LogP contribution in [0.4, 0.5) is 0 Å². The number of nitrogens with one attached hydrogen (secondary N) is 2. The van der Waals surface area contributed by atoms with Crippen LogP contribution in [0.25, 0.3) is 0 Å². The van der Waals surface area contributed by atoms with Gasteiger partial charge in [0.1, 0.15) is 6.04 Å². The van der Waals surface area contributed by atoms with Gasteiger partial charge in [-0.15, -0.1) is 0 Å². The van der Waals surface area contributed by atoms with Gasteiger partial charge in [0.2, 0.25) is 0 Å². The van der Waals surface area contributed by atoms with Crippen molar-refractivity contribution in [1.82, 2.24) is 10.6 Å². The molecule has 0 aliphatic carbocycles. The molecule has 0 saturated carbocycles. The fourth-order valence-electron chi connectivity index (χ4n) is 2.50. The van der Waals surface area contributed by atoms with E-state index < -0.39 is 29.6 Å². The summed E-state index contributed by atoms with van der Waals surface area (Å²) in [7, 11) is 1.22. The summed E-state index contributed by atoms with van der Waals surface area (Å²) in [5.74, 6) is -2.65. The number of esters is 1. The monoisotopic (exact) mass is 400 g/mol. The molecule has 0 saturated heterocycles. The van der Waals surface area contributed by atoms with Gasteiger partial charge in [0, 0.05) is 0 Å². The van der Waals surface area contributed by atoms with Crippen molar-refractivity contribution < 1.29 is 24.2 Å². The minimum atomic E-state index is -0.897. The second-order valence-electron chi connectivity index (χ2n) is 5.70. The Hall–Kier alpha value is -2.25. The quantitative estimate of drug-likeness (QED) is 0.606. The van der Waals surface area contributed by atoms with Crippen molar-refractivity contribution in [2.24, 2.45) is 0 Å². The topological polar surface area (TPSA) is 105 Å². The molecule has 1 unspecified atom stereocenters. The number of carbonyl (C=O) groups excluding carboxylic acids is 3. The highest BCUT2D eigenvalue weighted by Crippen LogP contribution is 2.23. The van der Waals surface area contributed by atoms with E-state index in [9.17, 15) is 19.5 Å². The fraction of sp³-hybridized carbons (Fsp3) is 0.353. The molecule has 0 bridgehead atoms. The van der Waals surface area contributed by atoms with Gasteiger partial charge in [-0.2, -0.15) is 0 Å². The highest BCUT2D eigenvalue weighted by Gasteiger charge is 2.30. The molecule has 1 heterocycles. The van der Waals surface area contributed by atoms with Crippen LogP contribution in [-0.2, 0) is 25.5 Å². The zero-order chi connectivity index (χ0) is 19.3. The molecule has 2 amide bonds. The minimum absolute atomic E-state index is 0.0896. The van der Waals surface area contributed by atoms with Crippen molar-refractivity contribution in [3.05, 3.63) is 45.1 Å². The molecule has 1 aromatic carbocycles. The van der Waals surface area contributed by atoms with Crippen LogP contribution >= 0.6 is 23.2 Å². The summed E-state index contributed by atoms with van der Waals surface area (Å²) >= 11 is 11.8. The van der Waals surface area contributed by atoms with E-state index in [1.54, 1.807) is 12.1 Å². The molecule has 1 aromatic rings. The van der Waals surface area contributed by atoms with Crippen LogP contribution in [0.2, 0.25) is 10.0 Å². The van der Waals surface area contributed by atoms with E-state index in [2.05, 4.69) is 10.6 Å². The molecule has 0 fully saturated rings. The highest BCUT2D eigenvalue weighted by atomic mass is 35.5. The molecule has 0 radical (unpaired) electrons. The van der Waals surface area contributed by atoms with Crippen molar-refractivity contribution in [1.29, 1.82) is 0 Å². The van der Waals surface area contributed by atoms with Gasteiger partial charge in [0.25, 0.3) is 11.8 Å². The maximum atomic E-state index is 12.2. The standard InChI is InChI=1S/C17H18Cl2N2O5/c1-26-17(25)13(21-15(23)10-8-20-16(24)14(10)22)4-2-3-9-5-6-11(18)12(19)7-9/h5-7,13,22H,2-4,8H2,1H3,(H,20,24)(H,21,23). The van der Waals surface area contributed by atoms with Gasteiger partial charge >= 0.3 is 5.97 Å². The van der Waals surface area contributed by atoms with Gasteiger partial charge in [-0.05, 0) is 37.0 Å². The first kappa shape index (κ1) is 20.1. The van der Waals surface area contributed by atoms with E-state index in [0.29, 0.717) is 29.3 Å². The Morgan fingerprint density at radius 2 is 2.08 bits per heavy atom. The van der Waals surface area contributed by atoms with Gasteiger partial charge < -0.3 is 20.5 Å². The summed E-state index contributed by atoms with van der Waals surface area (Å²) in [4.78, 5) is 35.3. The first-order valence-electron chi connectivity index (χ1n) is 7.86. The number of aliphatic hydroxyl groups excluding tert-OH is 1. The number of methoxy groups -OCH3 is 1. The smallest absolute Gasteiger partial charge is 0.328 e. The van der Waals surface area contributed by atoms with Gasteiger partial charge in [-0.25, -0.2) is 4.79 Å². The average Bonchev–Trinajstić information content (AvgIpc) is 2.95. The lowest BCUT2D eigenvalue weighted by Gasteiger charge is -2.16. The molecule has 0 aromatic heterocycles. The second kappa shape index (κ2) is 8.91. The Labute approximate surface area is 160 Å². The lowest BCUT2D eigenvalue weighted by molar-refractivity contribution is -0.144. The summed E-state index contributed by atoms with van der Waals surface area (Å²) < 4.78 is 4.71. The lowest BCUT2D eigenvalue weighted by Crippen LogP contribution is -2.42. The Balaban J connectivity index is 1.97. The number of ether oxygens (including phenoxy) is 1. The molecular weight excluding hydrogens is 383 g/mol. The van der Waals surface area contributed by atoms with Crippen molar-refractivity contribution in [2.45, 2.75) is 25.3 Å². The molecule has 26 heavy (non-hydrogen) atoms. The summed E-state index contributed by atoms with van der Waals surface area (Å²) in [5.41, 5.74) is 0.841. The van der Waals surface area contributed by atoms with Gasteiger partial charge in [0.15, 0.2) is 5.76 Å². The Bertz CT molecular complexity index is 764. The first-order valence-corrected chi connectivity index (χ1v) is 8.62. The van der Waals surface area contributed by atoms with Crippen molar-refractivity contribution >= 4 is 41.0 Å². The molecular formula is C17H18Cl2N2O5. The van der Waals surface area contributed by atoms with Crippen molar-refractivity contribution in [2.75, 3.05) is 13.7 Å².